The Labute approximate surface area is 190 Å². The van der Waals surface area contributed by atoms with Gasteiger partial charge in [0.15, 0.2) is 0 Å². The van der Waals surface area contributed by atoms with Crippen LogP contribution in [0.1, 0.15) is 37.0 Å². The van der Waals surface area contributed by atoms with E-state index in [4.69, 9.17) is 4.74 Å². The maximum Gasteiger partial charge on any atom is 0.253 e. The summed E-state index contributed by atoms with van der Waals surface area (Å²) in [5.41, 5.74) is 0.681. The lowest BCUT2D eigenvalue weighted by molar-refractivity contribution is -0.136. The topological polar surface area (TPSA) is 62.7 Å². The van der Waals surface area contributed by atoms with Crippen molar-refractivity contribution in [3.8, 4) is 5.75 Å². The standard InChI is InChI=1S/C26H33N3O3/c1-19(2)25(30)28-14-10-20(11-15-28)24-17-29(26(31)21-8-12-27-13-9-21)16-22(24)18-32-23-6-4-3-5-7-23/h3-9,12-13,19-20,22,24H,10-11,14-18H2,1-2H3/t22-,24-/m0/s1. The molecule has 2 aromatic rings. The van der Waals surface area contributed by atoms with Gasteiger partial charge in [0.05, 0.1) is 6.61 Å². The van der Waals surface area contributed by atoms with Gasteiger partial charge in [0.1, 0.15) is 5.75 Å². The number of rotatable bonds is 6. The second-order valence-corrected chi connectivity index (χ2v) is 9.31. The molecule has 6 nitrogen and oxygen atoms in total. The lowest BCUT2D eigenvalue weighted by Gasteiger charge is -2.37. The Bertz CT molecular complexity index is 895. The third kappa shape index (κ3) is 5.12. The fourth-order valence-electron chi connectivity index (χ4n) is 5.08. The van der Waals surface area contributed by atoms with Crippen molar-refractivity contribution in [3.05, 3.63) is 60.4 Å². The largest absolute Gasteiger partial charge is 0.493 e. The Morgan fingerprint density at radius 2 is 1.69 bits per heavy atom. The summed E-state index contributed by atoms with van der Waals surface area (Å²) in [7, 11) is 0. The third-order valence-corrected chi connectivity index (χ3v) is 6.86. The van der Waals surface area contributed by atoms with E-state index in [0.717, 1.165) is 38.2 Å². The van der Waals surface area contributed by atoms with Gasteiger partial charge in [0, 0.05) is 56.0 Å². The number of amides is 2. The molecule has 2 fully saturated rings. The Hall–Kier alpha value is -2.89. The van der Waals surface area contributed by atoms with Crippen LogP contribution in [-0.4, -0.2) is 59.4 Å². The number of hydrogen-bond donors (Lipinski definition) is 0. The average Bonchev–Trinajstić information content (AvgIpc) is 3.27. The van der Waals surface area contributed by atoms with Gasteiger partial charge >= 0.3 is 0 Å². The van der Waals surface area contributed by atoms with E-state index >= 15 is 0 Å². The molecule has 3 heterocycles. The second-order valence-electron chi connectivity index (χ2n) is 9.31. The van der Waals surface area contributed by atoms with E-state index in [1.807, 2.05) is 54.0 Å². The molecule has 2 atom stereocenters. The van der Waals surface area contributed by atoms with E-state index in [9.17, 15) is 9.59 Å². The summed E-state index contributed by atoms with van der Waals surface area (Å²) in [6.45, 7) is 7.58. The minimum Gasteiger partial charge on any atom is -0.493 e. The van der Waals surface area contributed by atoms with E-state index in [0.29, 0.717) is 30.6 Å². The molecule has 2 aliphatic heterocycles. The highest BCUT2D eigenvalue weighted by atomic mass is 16.5. The van der Waals surface area contributed by atoms with Gasteiger partial charge < -0.3 is 14.5 Å². The fourth-order valence-corrected chi connectivity index (χ4v) is 5.08. The fraction of sp³-hybridized carbons (Fsp3) is 0.500. The molecule has 0 radical (unpaired) electrons. The highest BCUT2D eigenvalue weighted by Crippen LogP contribution is 2.37. The molecule has 6 heteroatoms. The van der Waals surface area contributed by atoms with Crippen LogP contribution in [0.5, 0.6) is 5.75 Å². The smallest absolute Gasteiger partial charge is 0.253 e. The van der Waals surface area contributed by atoms with E-state index in [1.165, 1.54) is 0 Å². The molecular weight excluding hydrogens is 402 g/mol. The number of likely N-dealkylation sites (tertiary alicyclic amines) is 2. The molecule has 0 bridgehead atoms. The van der Waals surface area contributed by atoms with Crippen molar-refractivity contribution in [3.63, 3.8) is 0 Å². The van der Waals surface area contributed by atoms with Crippen molar-refractivity contribution in [1.29, 1.82) is 0 Å². The number of aromatic nitrogens is 1. The quantitative estimate of drug-likeness (QED) is 0.693. The van der Waals surface area contributed by atoms with Crippen LogP contribution < -0.4 is 4.74 Å². The first-order chi connectivity index (χ1) is 15.5. The van der Waals surface area contributed by atoms with Crippen molar-refractivity contribution >= 4 is 11.8 Å². The minimum absolute atomic E-state index is 0.0403. The molecule has 4 rings (SSSR count). The molecular formula is C26H33N3O3. The molecule has 1 aromatic carbocycles. The van der Waals surface area contributed by atoms with Crippen LogP contribution in [0.25, 0.3) is 0 Å². The molecule has 0 aliphatic carbocycles. The van der Waals surface area contributed by atoms with Crippen LogP contribution in [-0.2, 0) is 4.79 Å². The van der Waals surface area contributed by atoms with Gasteiger partial charge in [-0.25, -0.2) is 0 Å². The summed E-state index contributed by atoms with van der Waals surface area (Å²) in [4.78, 5) is 33.5. The Kier molecular flexibility index (Phi) is 7.08. The zero-order valence-corrected chi connectivity index (χ0v) is 19.0. The molecule has 2 aliphatic rings. The van der Waals surface area contributed by atoms with Gasteiger partial charge in [-0.3, -0.25) is 14.6 Å². The van der Waals surface area contributed by atoms with Gasteiger partial charge in [-0.2, -0.15) is 0 Å². The van der Waals surface area contributed by atoms with Gasteiger partial charge in [-0.1, -0.05) is 32.0 Å². The van der Waals surface area contributed by atoms with Crippen molar-refractivity contribution in [2.24, 2.45) is 23.7 Å². The number of piperidine rings is 1. The normalized spacial score (nSPS) is 21.7. The Morgan fingerprint density at radius 3 is 2.34 bits per heavy atom. The number of carbonyl (C=O) groups is 2. The van der Waals surface area contributed by atoms with Crippen LogP contribution in [0.15, 0.2) is 54.9 Å². The number of ether oxygens (including phenoxy) is 1. The van der Waals surface area contributed by atoms with Crippen molar-refractivity contribution in [2.75, 3.05) is 32.8 Å². The molecule has 1 aromatic heterocycles. The van der Waals surface area contributed by atoms with Gasteiger partial charge in [-0.15, -0.1) is 0 Å². The van der Waals surface area contributed by atoms with Gasteiger partial charge in [-0.05, 0) is 48.9 Å². The van der Waals surface area contributed by atoms with Crippen LogP contribution >= 0.6 is 0 Å². The maximum absolute atomic E-state index is 13.1. The second kappa shape index (κ2) is 10.2. The first-order valence-corrected chi connectivity index (χ1v) is 11.7. The number of hydrogen-bond acceptors (Lipinski definition) is 4. The number of benzene rings is 1. The number of carbonyl (C=O) groups excluding carboxylic acids is 2. The summed E-state index contributed by atoms with van der Waals surface area (Å²) in [6, 6.07) is 13.4. The van der Waals surface area contributed by atoms with E-state index < -0.39 is 0 Å². The molecule has 0 unspecified atom stereocenters. The van der Waals surface area contributed by atoms with Crippen LogP contribution in [0.4, 0.5) is 0 Å². The van der Waals surface area contributed by atoms with Crippen molar-refractivity contribution < 1.29 is 14.3 Å². The third-order valence-electron chi connectivity index (χ3n) is 6.86. The summed E-state index contributed by atoms with van der Waals surface area (Å²) >= 11 is 0. The highest BCUT2D eigenvalue weighted by molar-refractivity contribution is 5.94. The molecule has 32 heavy (non-hydrogen) atoms. The van der Waals surface area contributed by atoms with E-state index in [1.54, 1.807) is 24.5 Å². The number of para-hydroxylation sites is 1. The highest BCUT2D eigenvalue weighted by Gasteiger charge is 2.41. The number of pyridine rings is 1. The first kappa shape index (κ1) is 22.3. The molecule has 2 amide bonds. The summed E-state index contributed by atoms with van der Waals surface area (Å²) < 4.78 is 6.12. The molecule has 0 saturated carbocycles. The maximum atomic E-state index is 13.1. The molecule has 0 spiro atoms. The monoisotopic (exact) mass is 435 g/mol. The Balaban J connectivity index is 1.44. The van der Waals surface area contributed by atoms with Crippen LogP contribution in [0.3, 0.4) is 0 Å². The SMILES string of the molecule is CC(C)C(=O)N1CCC([C@@H]2CN(C(=O)c3ccncc3)C[C@H]2COc2ccccc2)CC1. The van der Waals surface area contributed by atoms with Gasteiger partial charge in [0.2, 0.25) is 5.91 Å². The van der Waals surface area contributed by atoms with E-state index in [-0.39, 0.29) is 23.7 Å². The van der Waals surface area contributed by atoms with Crippen molar-refractivity contribution in [2.45, 2.75) is 26.7 Å². The summed E-state index contributed by atoms with van der Waals surface area (Å²) in [5, 5.41) is 0. The lowest BCUT2D eigenvalue weighted by atomic mass is 9.78. The van der Waals surface area contributed by atoms with Crippen LogP contribution in [0, 0.1) is 23.7 Å². The predicted octanol–water partition coefficient (Wildman–Crippen LogP) is 3.74. The lowest BCUT2D eigenvalue weighted by Crippen LogP contribution is -2.43. The number of nitrogens with zero attached hydrogens (tertiary/aromatic N) is 3. The summed E-state index contributed by atoms with van der Waals surface area (Å²) in [6.07, 6.45) is 5.31. The van der Waals surface area contributed by atoms with Crippen molar-refractivity contribution in [1.82, 2.24) is 14.8 Å². The Morgan fingerprint density at radius 1 is 1.00 bits per heavy atom. The zero-order chi connectivity index (χ0) is 22.5. The first-order valence-electron chi connectivity index (χ1n) is 11.7. The average molecular weight is 436 g/mol. The summed E-state index contributed by atoms with van der Waals surface area (Å²) in [5.74, 6) is 2.35. The minimum atomic E-state index is 0.0403. The molecule has 2 saturated heterocycles. The van der Waals surface area contributed by atoms with Gasteiger partial charge in [0.25, 0.3) is 5.91 Å². The predicted molar refractivity (Wildman–Crippen MR) is 123 cm³/mol. The van der Waals surface area contributed by atoms with Crippen LogP contribution in [0.2, 0.25) is 0 Å². The molecule has 0 N–H and O–H groups in total. The van der Waals surface area contributed by atoms with E-state index in [2.05, 4.69) is 4.98 Å². The zero-order valence-electron chi connectivity index (χ0n) is 19.0. The molecule has 170 valence electrons.